The van der Waals surface area contributed by atoms with Gasteiger partial charge in [0, 0.05) is 36.4 Å². The predicted octanol–water partition coefficient (Wildman–Crippen LogP) is 2.23. The number of fused-ring (bicyclic) bond motifs is 2. The van der Waals surface area contributed by atoms with E-state index in [0.717, 1.165) is 29.9 Å². The van der Waals surface area contributed by atoms with Gasteiger partial charge in [-0.25, -0.2) is 4.79 Å². The van der Waals surface area contributed by atoms with Gasteiger partial charge in [-0.15, -0.1) is 0 Å². The molecule has 18 heavy (non-hydrogen) atoms. The Morgan fingerprint density at radius 3 is 3.17 bits per heavy atom. The van der Waals surface area contributed by atoms with Crippen LogP contribution in [-0.4, -0.2) is 11.4 Å². The molecule has 0 N–H and O–H groups in total. The third-order valence-corrected chi connectivity index (χ3v) is 3.54. The first-order valence-corrected chi connectivity index (χ1v) is 6.01. The number of rotatable bonds is 0. The van der Waals surface area contributed by atoms with E-state index in [-0.39, 0.29) is 5.63 Å². The molecule has 3 nitrogen and oxygen atoms in total. The Balaban J connectivity index is 2.02. The van der Waals surface area contributed by atoms with Crippen molar-refractivity contribution in [2.45, 2.75) is 6.42 Å². The summed E-state index contributed by atoms with van der Waals surface area (Å²) in [6.45, 7) is 0.874. The fraction of sp³-hybridized carbons (Fsp3) is 0.133. The van der Waals surface area contributed by atoms with Crippen LogP contribution in [-0.2, 0) is 6.42 Å². The summed E-state index contributed by atoms with van der Waals surface area (Å²) in [5.41, 5.74) is 4.29. The van der Waals surface area contributed by atoms with Gasteiger partial charge in [0.15, 0.2) is 0 Å². The van der Waals surface area contributed by atoms with Gasteiger partial charge < -0.3 is 9.32 Å². The van der Waals surface area contributed by atoms with Gasteiger partial charge in [0.1, 0.15) is 5.76 Å². The standard InChI is InChI=1S/C15H11NO2/c17-13-6-5-11-9-10-3-1-7-16-8-2-4-12(14(10)16)15(11)18-13/h1-6,8H,7,9H2. The lowest BCUT2D eigenvalue weighted by Crippen LogP contribution is -2.27. The molecule has 0 bridgehead atoms. The van der Waals surface area contributed by atoms with Crippen LogP contribution in [0.15, 0.2) is 63.1 Å². The van der Waals surface area contributed by atoms with Crippen molar-refractivity contribution in [3.63, 3.8) is 0 Å². The summed E-state index contributed by atoms with van der Waals surface area (Å²) in [5, 5.41) is 0. The smallest absolute Gasteiger partial charge is 0.336 e. The van der Waals surface area contributed by atoms with Crippen molar-refractivity contribution in [3.05, 3.63) is 75.7 Å². The van der Waals surface area contributed by atoms with Crippen LogP contribution in [0.25, 0.3) is 5.57 Å². The van der Waals surface area contributed by atoms with Gasteiger partial charge in [0.05, 0.1) is 5.70 Å². The van der Waals surface area contributed by atoms with Crippen molar-refractivity contribution >= 4 is 5.57 Å². The minimum Gasteiger partial charge on any atom is -0.422 e. The Morgan fingerprint density at radius 2 is 2.22 bits per heavy atom. The third-order valence-electron chi connectivity index (χ3n) is 3.54. The molecule has 0 radical (unpaired) electrons. The van der Waals surface area contributed by atoms with E-state index in [0.29, 0.717) is 0 Å². The lowest BCUT2D eigenvalue weighted by molar-refractivity contribution is 0.469. The van der Waals surface area contributed by atoms with Gasteiger partial charge in [0.2, 0.25) is 0 Å². The Kier molecular flexibility index (Phi) is 1.81. The second kappa shape index (κ2) is 3.35. The van der Waals surface area contributed by atoms with Gasteiger partial charge >= 0.3 is 5.63 Å². The van der Waals surface area contributed by atoms with E-state index in [9.17, 15) is 4.79 Å². The van der Waals surface area contributed by atoms with Gasteiger partial charge in [-0.05, 0) is 23.8 Å². The van der Waals surface area contributed by atoms with E-state index in [2.05, 4.69) is 23.3 Å². The summed E-state index contributed by atoms with van der Waals surface area (Å²) in [6, 6.07) is 3.37. The van der Waals surface area contributed by atoms with Crippen LogP contribution in [0.1, 0.15) is 11.3 Å². The van der Waals surface area contributed by atoms with E-state index in [1.807, 2.05) is 18.2 Å². The average Bonchev–Trinajstić information content (AvgIpc) is 2.40. The van der Waals surface area contributed by atoms with Crippen LogP contribution in [0.2, 0.25) is 0 Å². The molecule has 1 aromatic heterocycles. The van der Waals surface area contributed by atoms with Crippen molar-refractivity contribution in [3.8, 4) is 0 Å². The molecule has 3 heteroatoms. The van der Waals surface area contributed by atoms with E-state index in [1.165, 1.54) is 17.3 Å². The number of nitrogens with zero attached hydrogens (tertiary/aromatic N) is 1. The van der Waals surface area contributed by atoms with E-state index in [4.69, 9.17) is 4.42 Å². The zero-order chi connectivity index (χ0) is 12.1. The van der Waals surface area contributed by atoms with Crippen LogP contribution in [0.5, 0.6) is 0 Å². The average molecular weight is 237 g/mol. The Bertz CT molecular complexity index is 716. The van der Waals surface area contributed by atoms with Crippen LogP contribution >= 0.6 is 0 Å². The number of allylic oxidation sites excluding steroid dienone is 5. The minimum atomic E-state index is -0.286. The Hall–Kier alpha value is -2.29. The number of hydrogen-bond acceptors (Lipinski definition) is 3. The Morgan fingerprint density at radius 1 is 1.28 bits per heavy atom. The molecule has 0 saturated carbocycles. The molecule has 3 heterocycles. The zero-order valence-electron chi connectivity index (χ0n) is 9.72. The van der Waals surface area contributed by atoms with Gasteiger partial charge in [-0.2, -0.15) is 0 Å². The molecule has 0 saturated heterocycles. The molecule has 0 aromatic carbocycles. The molecule has 0 amide bonds. The van der Waals surface area contributed by atoms with Gasteiger partial charge in [0.25, 0.3) is 0 Å². The first-order valence-electron chi connectivity index (χ1n) is 6.01. The van der Waals surface area contributed by atoms with E-state index >= 15 is 0 Å². The molecule has 0 atom stereocenters. The molecule has 4 rings (SSSR count). The summed E-state index contributed by atoms with van der Waals surface area (Å²) in [4.78, 5) is 13.6. The van der Waals surface area contributed by atoms with Gasteiger partial charge in [-0.3, -0.25) is 0 Å². The quantitative estimate of drug-likeness (QED) is 0.693. The van der Waals surface area contributed by atoms with Crippen LogP contribution in [0.3, 0.4) is 0 Å². The lowest BCUT2D eigenvalue weighted by Gasteiger charge is -2.34. The molecule has 2 aliphatic heterocycles. The molecule has 88 valence electrons. The third kappa shape index (κ3) is 1.21. The lowest BCUT2D eigenvalue weighted by atomic mass is 9.86. The van der Waals surface area contributed by atoms with Crippen LogP contribution < -0.4 is 5.63 Å². The van der Waals surface area contributed by atoms with E-state index in [1.54, 1.807) is 0 Å². The van der Waals surface area contributed by atoms with Crippen LogP contribution in [0.4, 0.5) is 0 Å². The second-order valence-electron chi connectivity index (χ2n) is 4.64. The normalized spacial score (nSPS) is 19.6. The molecular formula is C15H11NO2. The summed E-state index contributed by atoms with van der Waals surface area (Å²) >= 11 is 0. The molecule has 3 aliphatic rings. The summed E-state index contributed by atoms with van der Waals surface area (Å²) in [7, 11) is 0. The largest absolute Gasteiger partial charge is 0.422 e. The molecule has 0 unspecified atom stereocenters. The summed E-state index contributed by atoms with van der Waals surface area (Å²) in [6.07, 6.45) is 11.2. The first kappa shape index (κ1) is 9.71. The highest BCUT2D eigenvalue weighted by Crippen LogP contribution is 2.40. The molecule has 1 aromatic rings. The SMILES string of the molecule is O=c1ccc2c(o1)C1=CC=CN3CC=CC(=C13)C2. The molecule has 1 aliphatic carbocycles. The van der Waals surface area contributed by atoms with E-state index < -0.39 is 0 Å². The minimum absolute atomic E-state index is 0.286. The highest BCUT2D eigenvalue weighted by molar-refractivity contribution is 5.84. The molecule has 0 spiro atoms. The summed E-state index contributed by atoms with van der Waals surface area (Å²) in [5.74, 6) is 0.728. The maximum Gasteiger partial charge on any atom is 0.336 e. The topological polar surface area (TPSA) is 33.5 Å². The summed E-state index contributed by atoms with van der Waals surface area (Å²) < 4.78 is 5.39. The Labute approximate surface area is 104 Å². The molecular weight excluding hydrogens is 226 g/mol. The highest BCUT2D eigenvalue weighted by atomic mass is 16.4. The second-order valence-corrected chi connectivity index (χ2v) is 4.64. The fourth-order valence-electron chi connectivity index (χ4n) is 2.79. The van der Waals surface area contributed by atoms with Crippen molar-refractivity contribution in [1.82, 2.24) is 4.90 Å². The van der Waals surface area contributed by atoms with Gasteiger partial charge in [-0.1, -0.05) is 12.2 Å². The predicted molar refractivity (Wildman–Crippen MR) is 68.7 cm³/mol. The zero-order valence-corrected chi connectivity index (χ0v) is 9.72. The fourth-order valence-corrected chi connectivity index (χ4v) is 2.79. The maximum atomic E-state index is 11.4. The van der Waals surface area contributed by atoms with Crippen molar-refractivity contribution in [2.75, 3.05) is 6.54 Å². The van der Waals surface area contributed by atoms with Crippen molar-refractivity contribution in [1.29, 1.82) is 0 Å². The molecule has 0 fully saturated rings. The van der Waals surface area contributed by atoms with Crippen LogP contribution in [0, 0.1) is 0 Å². The number of hydrogen-bond donors (Lipinski definition) is 0. The monoisotopic (exact) mass is 237 g/mol. The van der Waals surface area contributed by atoms with Crippen molar-refractivity contribution in [2.24, 2.45) is 0 Å². The first-order chi connectivity index (χ1) is 8.83. The highest BCUT2D eigenvalue weighted by Gasteiger charge is 2.29. The van der Waals surface area contributed by atoms with Crippen molar-refractivity contribution < 1.29 is 4.42 Å². The maximum absolute atomic E-state index is 11.4.